The topological polar surface area (TPSA) is 45.0 Å². The van der Waals surface area contributed by atoms with E-state index < -0.39 is 11.6 Å². The molecule has 0 bridgehead atoms. The van der Waals surface area contributed by atoms with Gasteiger partial charge in [0.1, 0.15) is 11.8 Å². The van der Waals surface area contributed by atoms with Crippen LogP contribution in [-0.2, 0) is 0 Å². The van der Waals surface area contributed by atoms with Gasteiger partial charge in [0.15, 0.2) is 11.6 Å². The molecule has 0 aliphatic rings. The summed E-state index contributed by atoms with van der Waals surface area (Å²) in [6.45, 7) is 0. The van der Waals surface area contributed by atoms with E-state index in [-0.39, 0.29) is 11.3 Å². The molecule has 1 N–H and O–H groups in total. The number of rotatable bonds is 3. The molecule has 5 heteroatoms. The Bertz CT molecular complexity index is 650. The molecule has 0 saturated carbocycles. The van der Waals surface area contributed by atoms with E-state index in [1.807, 2.05) is 0 Å². The molecule has 0 unspecified atom stereocenters. The summed E-state index contributed by atoms with van der Waals surface area (Å²) in [5.41, 5.74) is 0.195. The fraction of sp³-hybridized carbons (Fsp3) is 0.0714. The van der Waals surface area contributed by atoms with E-state index in [9.17, 15) is 8.78 Å². The highest BCUT2D eigenvalue weighted by Crippen LogP contribution is 2.25. The molecule has 0 radical (unpaired) electrons. The van der Waals surface area contributed by atoms with Crippen LogP contribution in [0.5, 0.6) is 5.75 Å². The highest BCUT2D eigenvalue weighted by molar-refractivity contribution is 5.62. The maximum Gasteiger partial charge on any atom is 0.183 e. The number of anilines is 2. The van der Waals surface area contributed by atoms with Gasteiger partial charge in [0.25, 0.3) is 0 Å². The number of halogens is 2. The molecule has 2 rings (SSSR count). The second-order valence-electron chi connectivity index (χ2n) is 3.76. The molecule has 0 aromatic heterocycles. The van der Waals surface area contributed by atoms with Gasteiger partial charge in [0.2, 0.25) is 0 Å². The predicted molar refractivity (Wildman–Crippen MR) is 67.3 cm³/mol. The minimum absolute atomic E-state index is 0.0373. The van der Waals surface area contributed by atoms with E-state index in [1.165, 1.54) is 19.2 Å². The van der Waals surface area contributed by atoms with Crippen molar-refractivity contribution in [3.05, 3.63) is 53.6 Å². The number of nitrogens with zero attached hydrogens (tertiary/aromatic N) is 1. The number of benzene rings is 2. The third kappa shape index (κ3) is 2.63. The van der Waals surface area contributed by atoms with Crippen LogP contribution in [0.15, 0.2) is 36.4 Å². The Kier molecular flexibility index (Phi) is 3.62. The van der Waals surface area contributed by atoms with Crippen molar-refractivity contribution in [1.29, 1.82) is 5.26 Å². The van der Waals surface area contributed by atoms with Crippen LogP contribution in [0.1, 0.15) is 5.56 Å². The number of hydrogen-bond donors (Lipinski definition) is 1. The Morgan fingerprint density at radius 2 is 1.95 bits per heavy atom. The maximum atomic E-state index is 13.7. The lowest BCUT2D eigenvalue weighted by atomic mass is 10.2. The Labute approximate surface area is 109 Å². The van der Waals surface area contributed by atoms with Crippen molar-refractivity contribution in [2.75, 3.05) is 12.4 Å². The van der Waals surface area contributed by atoms with Crippen LogP contribution < -0.4 is 10.1 Å². The maximum absolute atomic E-state index is 13.7. The number of methoxy groups -OCH3 is 1. The number of nitrogens with one attached hydrogen (secondary N) is 1. The van der Waals surface area contributed by atoms with Crippen molar-refractivity contribution in [3.8, 4) is 11.8 Å². The molecule has 3 nitrogen and oxygen atoms in total. The van der Waals surface area contributed by atoms with Gasteiger partial charge in [-0.1, -0.05) is 6.07 Å². The van der Waals surface area contributed by atoms with Crippen LogP contribution >= 0.6 is 0 Å². The van der Waals surface area contributed by atoms with Gasteiger partial charge in [0.05, 0.1) is 18.4 Å². The molecule has 19 heavy (non-hydrogen) atoms. The van der Waals surface area contributed by atoms with Gasteiger partial charge in [-0.2, -0.15) is 5.26 Å². The molecular formula is C14H10F2N2O. The van der Waals surface area contributed by atoms with Crippen LogP contribution in [0.3, 0.4) is 0 Å². The molecule has 0 aliphatic carbocycles. The minimum atomic E-state index is -1.16. The van der Waals surface area contributed by atoms with E-state index in [1.54, 1.807) is 30.3 Å². The van der Waals surface area contributed by atoms with Crippen molar-refractivity contribution < 1.29 is 13.5 Å². The standard InChI is InChI=1S/C14H10F2N2O/c1-19-11-4-2-3-10(7-11)18-12-6-5-9(8-17)13(15)14(12)16/h2-7,18H,1H3. The number of hydrogen-bond acceptors (Lipinski definition) is 3. The Hall–Kier alpha value is -2.61. The van der Waals surface area contributed by atoms with Crippen LogP contribution in [0, 0.1) is 23.0 Å². The molecule has 0 spiro atoms. The van der Waals surface area contributed by atoms with Gasteiger partial charge in [-0.3, -0.25) is 0 Å². The zero-order valence-corrected chi connectivity index (χ0v) is 10.1. The van der Waals surface area contributed by atoms with E-state index in [4.69, 9.17) is 10.00 Å². The fourth-order valence-corrected chi connectivity index (χ4v) is 1.59. The van der Waals surface area contributed by atoms with Crippen LogP contribution in [0.2, 0.25) is 0 Å². The normalized spacial score (nSPS) is 9.79. The highest BCUT2D eigenvalue weighted by Gasteiger charge is 2.13. The SMILES string of the molecule is COc1cccc(Nc2ccc(C#N)c(F)c2F)c1. The molecule has 96 valence electrons. The quantitative estimate of drug-likeness (QED) is 0.917. The van der Waals surface area contributed by atoms with Gasteiger partial charge in [-0.05, 0) is 24.3 Å². The summed E-state index contributed by atoms with van der Waals surface area (Å²) < 4.78 is 32.2. The molecule has 2 aromatic rings. The Morgan fingerprint density at radius 1 is 1.16 bits per heavy atom. The summed E-state index contributed by atoms with van der Waals surface area (Å²) in [4.78, 5) is 0. The Morgan fingerprint density at radius 3 is 2.63 bits per heavy atom. The Balaban J connectivity index is 2.34. The monoisotopic (exact) mass is 260 g/mol. The zero-order valence-electron chi connectivity index (χ0n) is 10.1. The van der Waals surface area contributed by atoms with Crippen LogP contribution in [0.25, 0.3) is 0 Å². The first-order valence-electron chi connectivity index (χ1n) is 5.45. The summed E-state index contributed by atoms with van der Waals surface area (Å²) in [6, 6.07) is 10.9. The van der Waals surface area contributed by atoms with E-state index in [0.717, 1.165) is 0 Å². The molecule has 0 saturated heterocycles. The van der Waals surface area contributed by atoms with Crippen molar-refractivity contribution in [3.63, 3.8) is 0 Å². The number of nitriles is 1. The van der Waals surface area contributed by atoms with Gasteiger partial charge in [-0.25, -0.2) is 8.78 Å². The van der Waals surface area contributed by atoms with E-state index in [2.05, 4.69) is 5.32 Å². The summed E-state index contributed by atoms with van der Waals surface area (Å²) in [5.74, 6) is -1.64. The van der Waals surface area contributed by atoms with Crippen molar-refractivity contribution >= 4 is 11.4 Å². The molecule has 0 aliphatic heterocycles. The van der Waals surface area contributed by atoms with Crippen LogP contribution in [-0.4, -0.2) is 7.11 Å². The second-order valence-corrected chi connectivity index (χ2v) is 3.76. The fourth-order valence-electron chi connectivity index (χ4n) is 1.59. The average molecular weight is 260 g/mol. The van der Waals surface area contributed by atoms with Gasteiger partial charge < -0.3 is 10.1 Å². The lowest BCUT2D eigenvalue weighted by Crippen LogP contribution is -1.98. The summed E-state index contributed by atoms with van der Waals surface area (Å²) >= 11 is 0. The molecule has 0 amide bonds. The lowest BCUT2D eigenvalue weighted by Gasteiger charge is -2.09. The second kappa shape index (κ2) is 5.36. The third-order valence-corrected chi connectivity index (χ3v) is 2.55. The van der Waals surface area contributed by atoms with Gasteiger partial charge >= 0.3 is 0 Å². The molecule has 0 heterocycles. The first-order valence-corrected chi connectivity index (χ1v) is 5.45. The highest BCUT2D eigenvalue weighted by atomic mass is 19.2. The van der Waals surface area contributed by atoms with E-state index >= 15 is 0 Å². The lowest BCUT2D eigenvalue weighted by molar-refractivity contribution is 0.415. The largest absolute Gasteiger partial charge is 0.497 e. The molecular weight excluding hydrogens is 250 g/mol. The van der Waals surface area contributed by atoms with Crippen molar-refractivity contribution in [2.45, 2.75) is 0 Å². The smallest absolute Gasteiger partial charge is 0.183 e. The van der Waals surface area contributed by atoms with Crippen molar-refractivity contribution in [2.24, 2.45) is 0 Å². The third-order valence-electron chi connectivity index (χ3n) is 2.55. The first-order chi connectivity index (χ1) is 9.15. The summed E-state index contributed by atoms with van der Waals surface area (Å²) in [7, 11) is 1.51. The van der Waals surface area contributed by atoms with Gasteiger partial charge in [-0.15, -0.1) is 0 Å². The first kappa shape index (κ1) is 12.8. The average Bonchev–Trinajstić information content (AvgIpc) is 2.44. The van der Waals surface area contributed by atoms with Crippen molar-refractivity contribution in [1.82, 2.24) is 0 Å². The predicted octanol–water partition coefficient (Wildman–Crippen LogP) is 3.59. The number of ether oxygens (including phenoxy) is 1. The molecule has 0 fully saturated rings. The summed E-state index contributed by atoms with van der Waals surface area (Å²) in [6.07, 6.45) is 0. The zero-order chi connectivity index (χ0) is 13.8. The van der Waals surface area contributed by atoms with Gasteiger partial charge in [0, 0.05) is 11.8 Å². The molecule has 0 atom stereocenters. The minimum Gasteiger partial charge on any atom is -0.497 e. The van der Waals surface area contributed by atoms with Crippen LogP contribution in [0.4, 0.5) is 20.2 Å². The molecule has 2 aromatic carbocycles. The summed E-state index contributed by atoms with van der Waals surface area (Å²) in [5, 5.41) is 11.3. The van der Waals surface area contributed by atoms with E-state index in [0.29, 0.717) is 11.4 Å².